The molecule has 0 radical (unpaired) electrons. The summed E-state index contributed by atoms with van der Waals surface area (Å²) in [5.41, 5.74) is 2.61. The highest BCUT2D eigenvalue weighted by molar-refractivity contribution is 5.98. The number of carbonyl (C=O) groups is 1. The van der Waals surface area contributed by atoms with Crippen molar-refractivity contribution in [3.05, 3.63) is 47.3 Å². The first-order valence-electron chi connectivity index (χ1n) is 9.11. The van der Waals surface area contributed by atoms with E-state index in [4.69, 9.17) is 9.47 Å². The number of ketones is 1. The molecule has 0 amide bonds. The lowest BCUT2D eigenvalue weighted by atomic mass is 9.82. The van der Waals surface area contributed by atoms with E-state index in [1.165, 1.54) is 0 Å². The van der Waals surface area contributed by atoms with Gasteiger partial charge >= 0.3 is 0 Å². The highest BCUT2D eigenvalue weighted by Gasteiger charge is 2.28. The number of hydrogen-bond donors (Lipinski definition) is 1. The van der Waals surface area contributed by atoms with Crippen LogP contribution in [0.5, 0.6) is 5.75 Å². The lowest BCUT2D eigenvalue weighted by molar-refractivity contribution is 0.0962. The van der Waals surface area contributed by atoms with Crippen LogP contribution in [0, 0.1) is 0 Å². The van der Waals surface area contributed by atoms with Crippen molar-refractivity contribution in [2.75, 3.05) is 25.6 Å². The molecule has 0 bridgehead atoms. The number of ether oxygens (including phenoxy) is 2. The van der Waals surface area contributed by atoms with Gasteiger partial charge in [-0.15, -0.1) is 0 Å². The maximum absolute atomic E-state index is 12.5. The van der Waals surface area contributed by atoms with Crippen LogP contribution in [0.2, 0.25) is 0 Å². The molecule has 26 heavy (non-hydrogen) atoms. The molecule has 0 unspecified atom stereocenters. The molecule has 1 N–H and O–H groups in total. The van der Waals surface area contributed by atoms with Crippen molar-refractivity contribution >= 4 is 11.7 Å². The van der Waals surface area contributed by atoms with Gasteiger partial charge in [0.1, 0.15) is 5.75 Å². The predicted molar refractivity (Wildman–Crippen MR) is 97.9 cm³/mol. The molecule has 2 aromatic rings. The second-order valence-corrected chi connectivity index (χ2v) is 6.87. The number of anilines is 1. The summed E-state index contributed by atoms with van der Waals surface area (Å²) in [7, 11) is 1.65. The van der Waals surface area contributed by atoms with Crippen LogP contribution >= 0.6 is 0 Å². The van der Waals surface area contributed by atoms with Crippen LogP contribution in [0.1, 0.15) is 46.8 Å². The zero-order chi connectivity index (χ0) is 17.9. The van der Waals surface area contributed by atoms with Crippen molar-refractivity contribution in [2.45, 2.75) is 37.7 Å². The van der Waals surface area contributed by atoms with E-state index in [2.05, 4.69) is 15.3 Å². The summed E-state index contributed by atoms with van der Waals surface area (Å²) >= 11 is 0. The average molecular weight is 353 g/mol. The fourth-order valence-electron chi connectivity index (χ4n) is 3.65. The summed E-state index contributed by atoms with van der Waals surface area (Å²) < 4.78 is 10.8. The van der Waals surface area contributed by atoms with Crippen LogP contribution < -0.4 is 10.1 Å². The summed E-state index contributed by atoms with van der Waals surface area (Å²) in [6, 6.07) is 7.92. The summed E-state index contributed by atoms with van der Waals surface area (Å²) in [5, 5.41) is 3.25. The molecule has 0 spiro atoms. The van der Waals surface area contributed by atoms with Gasteiger partial charge < -0.3 is 14.8 Å². The van der Waals surface area contributed by atoms with E-state index in [1.807, 2.05) is 24.3 Å². The maximum atomic E-state index is 12.5. The monoisotopic (exact) mass is 353 g/mol. The number of nitrogens with one attached hydrogen (secondary N) is 1. The number of carbonyl (C=O) groups excluding carboxylic acids is 1. The first-order valence-corrected chi connectivity index (χ1v) is 9.11. The molecular weight excluding hydrogens is 330 g/mol. The minimum absolute atomic E-state index is 0.109. The van der Waals surface area contributed by atoms with Gasteiger partial charge in [0.2, 0.25) is 5.95 Å². The van der Waals surface area contributed by atoms with Crippen LogP contribution in [0.3, 0.4) is 0 Å². The van der Waals surface area contributed by atoms with E-state index in [1.54, 1.807) is 13.3 Å². The van der Waals surface area contributed by atoms with E-state index in [9.17, 15) is 4.79 Å². The number of hydrogen-bond acceptors (Lipinski definition) is 6. The number of fused-ring (bicyclic) bond motifs is 1. The topological polar surface area (TPSA) is 73.3 Å². The number of rotatable bonds is 5. The highest BCUT2D eigenvalue weighted by atomic mass is 16.5. The number of methoxy groups -OCH3 is 1. The maximum Gasteiger partial charge on any atom is 0.222 e. The van der Waals surface area contributed by atoms with Gasteiger partial charge in [0.25, 0.3) is 0 Å². The summed E-state index contributed by atoms with van der Waals surface area (Å²) in [6.45, 7) is 1.53. The van der Waals surface area contributed by atoms with Crippen molar-refractivity contribution in [3.8, 4) is 5.75 Å². The Morgan fingerprint density at radius 1 is 1.27 bits per heavy atom. The van der Waals surface area contributed by atoms with Crippen LogP contribution in [-0.4, -0.2) is 42.1 Å². The molecule has 6 heteroatoms. The van der Waals surface area contributed by atoms with Gasteiger partial charge in [-0.1, -0.05) is 12.1 Å². The fraction of sp³-hybridized carbons (Fsp3) is 0.450. The van der Waals surface area contributed by atoms with E-state index >= 15 is 0 Å². The van der Waals surface area contributed by atoms with Crippen molar-refractivity contribution in [3.63, 3.8) is 0 Å². The molecular formula is C20H23N3O3. The Bertz CT molecular complexity index is 785. The van der Waals surface area contributed by atoms with Crippen molar-refractivity contribution < 1.29 is 14.3 Å². The molecule has 4 rings (SSSR count). The fourth-order valence-corrected chi connectivity index (χ4v) is 3.65. The predicted octanol–water partition coefficient (Wildman–Crippen LogP) is 2.99. The molecule has 2 aliphatic rings. The molecule has 136 valence electrons. The molecule has 6 nitrogen and oxygen atoms in total. The minimum atomic E-state index is 0.109. The first-order chi connectivity index (χ1) is 12.7. The largest absolute Gasteiger partial charge is 0.497 e. The Hall–Kier alpha value is -2.47. The third-order valence-electron chi connectivity index (χ3n) is 5.14. The molecule has 2 heterocycles. The normalized spacial score (nSPS) is 22.1. The van der Waals surface area contributed by atoms with Gasteiger partial charge in [-0.2, -0.15) is 0 Å². The van der Waals surface area contributed by atoms with Gasteiger partial charge in [-0.05, 0) is 42.9 Å². The Kier molecular flexibility index (Phi) is 4.84. The lowest BCUT2D eigenvalue weighted by Gasteiger charge is -2.23. The van der Waals surface area contributed by atoms with Crippen LogP contribution in [0.15, 0.2) is 30.5 Å². The molecule has 0 saturated carbocycles. The van der Waals surface area contributed by atoms with Crippen LogP contribution in [0.25, 0.3) is 0 Å². The second-order valence-electron chi connectivity index (χ2n) is 6.87. The molecule has 1 aromatic carbocycles. The zero-order valence-corrected chi connectivity index (χ0v) is 14.9. The second kappa shape index (κ2) is 7.41. The van der Waals surface area contributed by atoms with Crippen LogP contribution in [-0.2, 0) is 11.2 Å². The van der Waals surface area contributed by atoms with Crippen molar-refractivity contribution in [1.82, 2.24) is 9.97 Å². The molecule has 1 aliphatic heterocycles. The highest BCUT2D eigenvalue weighted by Crippen LogP contribution is 2.32. The Morgan fingerprint density at radius 3 is 2.85 bits per heavy atom. The Balaban J connectivity index is 1.49. The molecule has 1 aromatic heterocycles. The molecule has 1 fully saturated rings. The van der Waals surface area contributed by atoms with Gasteiger partial charge in [0, 0.05) is 25.8 Å². The van der Waals surface area contributed by atoms with E-state index in [0.717, 1.165) is 42.9 Å². The third-order valence-corrected chi connectivity index (χ3v) is 5.14. The number of aromatic nitrogens is 2. The molecule has 2 atom stereocenters. The molecule has 1 saturated heterocycles. The first kappa shape index (κ1) is 17.0. The SMILES string of the molecule is COc1ccc([C@H]2CC(=O)c3cnc(NC[C@H]4CCCO4)nc3C2)cc1. The Labute approximate surface area is 153 Å². The third kappa shape index (κ3) is 3.55. The number of nitrogens with zero attached hydrogens (tertiary/aromatic N) is 2. The average Bonchev–Trinajstić information content (AvgIpc) is 3.20. The number of benzene rings is 1. The van der Waals surface area contributed by atoms with E-state index in [-0.39, 0.29) is 17.8 Å². The lowest BCUT2D eigenvalue weighted by Crippen LogP contribution is -2.23. The van der Waals surface area contributed by atoms with E-state index in [0.29, 0.717) is 24.5 Å². The summed E-state index contributed by atoms with van der Waals surface area (Å²) in [6.07, 6.45) is 5.29. The van der Waals surface area contributed by atoms with Crippen molar-refractivity contribution in [2.24, 2.45) is 0 Å². The summed E-state index contributed by atoms with van der Waals surface area (Å²) in [4.78, 5) is 21.4. The zero-order valence-electron chi connectivity index (χ0n) is 14.9. The Morgan fingerprint density at radius 2 is 2.12 bits per heavy atom. The van der Waals surface area contributed by atoms with Gasteiger partial charge in [0.05, 0.1) is 24.5 Å². The molecule has 1 aliphatic carbocycles. The van der Waals surface area contributed by atoms with Gasteiger partial charge in [-0.3, -0.25) is 4.79 Å². The van der Waals surface area contributed by atoms with Gasteiger partial charge in [-0.25, -0.2) is 9.97 Å². The van der Waals surface area contributed by atoms with Crippen LogP contribution in [0.4, 0.5) is 5.95 Å². The quantitative estimate of drug-likeness (QED) is 0.891. The summed E-state index contributed by atoms with van der Waals surface area (Å²) in [5.74, 6) is 1.64. The van der Waals surface area contributed by atoms with Crippen molar-refractivity contribution in [1.29, 1.82) is 0 Å². The minimum Gasteiger partial charge on any atom is -0.497 e. The number of Topliss-reactive ketones (excluding diaryl/α,β-unsaturated/α-hetero) is 1. The van der Waals surface area contributed by atoms with E-state index < -0.39 is 0 Å². The standard InChI is InChI=1S/C20H23N3O3/c1-25-15-6-4-13(5-7-15)14-9-18-17(19(24)10-14)12-22-20(23-18)21-11-16-3-2-8-26-16/h4-7,12,14,16H,2-3,8-11H2,1H3,(H,21,22,23)/t14-,16-/m1/s1. The van der Waals surface area contributed by atoms with Gasteiger partial charge in [0.15, 0.2) is 5.78 Å². The smallest absolute Gasteiger partial charge is 0.222 e.